The highest BCUT2D eigenvalue weighted by Gasteiger charge is 2.15. The molecule has 2 aromatic carbocycles. The lowest BCUT2D eigenvalue weighted by Gasteiger charge is -2.17. The molecule has 0 aliphatic carbocycles. The van der Waals surface area contributed by atoms with Crippen LogP contribution in [0.3, 0.4) is 0 Å². The van der Waals surface area contributed by atoms with Crippen LogP contribution in [0.1, 0.15) is 16.1 Å². The minimum atomic E-state index is -0.270. The van der Waals surface area contributed by atoms with E-state index in [-0.39, 0.29) is 30.3 Å². The van der Waals surface area contributed by atoms with Crippen LogP contribution in [-0.2, 0) is 13.1 Å². The van der Waals surface area contributed by atoms with E-state index in [1.165, 1.54) is 16.8 Å². The summed E-state index contributed by atoms with van der Waals surface area (Å²) in [5, 5.41) is 4.20. The minimum absolute atomic E-state index is 0.229. The topological polar surface area (TPSA) is 64.4 Å². The average Bonchev–Trinajstić information content (AvgIpc) is 2.70. The van der Waals surface area contributed by atoms with Gasteiger partial charge in [0.05, 0.1) is 6.54 Å². The first-order valence-electron chi connectivity index (χ1n) is 8.69. The summed E-state index contributed by atoms with van der Waals surface area (Å²) in [5.74, 6) is 0.483. The van der Waals surface area contributed by atoms with Crippen molar-refractivity contribution in [2.45, 2.75) is 13.1 Å². The van der Waals surface area contributed by atoms with Gasteiger partial charge in [-0.1, -0.05) is 48.5 Å². The van der Waals surface area contributed by atoms with Gasteiger partial charge in [0.1, 0.15) is 18.1 Å². The van der Waals surface area contributed by atoms with Crippen LogP contribution < -0.4 is 10.3 Å². The van der Waals surface area contributed by atoms with Gasteiger partial charge in [-0.3, -0.25) is 9.59 Å². The number of aromatic nitrogens is 2. The standard InChI is InChI=1S/C21H21N3O3/c1-23(16-17-8-4-2-5-9-17)21(26)19-12-13-20(25)24(22-19)14-15-27-18-10-6-3-7-11-18/h2-13H,14-16H2,1H3. The predicted molar refractivity (Wildman–Crippen MR) is 103 cm³/mol. The fourth-order valence-corrected chi connectivity index (χ4v) is 2.61. The molecular formula is C21H21N3O3. The number of rotatable bonds is 7. The number of hydrogen-bond donors (Lipinski definition) is 0. The van der Waals surface area contributed by atoms with E-state index < -0.39 is 0 Å². The smallest absolute Gasteiger partial charge is 0.274 e. The van der Waals surface area contributed by atoms with Crippen molar-refractivity contribution in [2.24, 2.45) is 0 Å². The van der Waals surface area contributed by atoms with Crippen LogP contribution in [0.5, 0.6) is 5.75 Å². The molecule has 0 N–H and O–H groups in total. The summed E-state index contributed by atoms with van der Waals surface area (Å²) in [4.78, 5) is 26.2. The third kappa shape index (κ3) is 5.04. The predicted octanol–water partition coefficient (Wildman–Crippen LogP) is 2.59. The third-order valence-corrected chi connectivity index (χ3v) is 4.01. The monoisotopic (exact) mass is 363 g/mol. The molecule has 0 radical (unpaired) electrons. The highest BCUT2D eigenvalue weighted by Crippen LogP contribution is 2.08. The van der Waals surface area contributed by atoms with Gasteiger partial charge < -0.3 is 9.64 Å². The number of nitrogens with zero attached hydrogens (tertiary/aromatic N) is 3. The maximum atomic E-state index is 12.6. The van der Waals surface area contributed by atoms with Crippen LogP contribution in [-0.4, -0.2) is 34.2 Å². The molecule has 0 unspecified atom stereocenters. The lowest BCUT2D eigenvalue weighted by atomic mass is 10.2. The summed E-state index contributed by atoms with van der Waals surface area (Å²) in [6.45, 7) is 1.02. The van der Waals surface area contributed by atoms with Crippen molar-refractivity contribution in [3.63, 3.8) is 0 Å². The van der Waals surface area contributed by atoms with Crippen molar-refractivity contribution in [3.05, 3.63) is 94.4 Å². The van der Waals surface area contributed by atoms with Crippen LogP contribution in [0.2, 0.25) is 0 Å². The van der Waals surface area contributed by atoms with Crippen molar-refractivity contribution in [1.82, 2.24) is 14.7 Å². The van der Waals surface area contributed by atoms with Crippen LogP contribution in [0.4, 0.5) is 0 Å². The summed E-state index contributed by atoms with van der Waals surface area (Å²) in [6.07, 6.45) is 0. The zero-order valence-electron chi connectivity index (χ0n) is 15.1. The third-order valence-electron chi connectivity index (χ3n) is 4.01. The number of para-hydroxylation sites is 1. The summed E-state index contributed by atoms with van der Waals surface area (Å²) in [5.41, 5.74) is 0.986. The second-order valence-corrected chi connectivity index (χ2v) is 6.09. The molecule has 1 heterocycles. The molecule has 0 saturated heterocycles. The van der Waals surface area contributed by atoms with Crippen LogP contribution in [0, 0.1) is 0 Å². The molecule has 0 aliphatic rings. The number of benzene rings is 2. The Labute approximate surface area is 157 Å². The molecular weight excluding hydrogens is 342 g/mol. The van der Waals surface area contributed by atoms with E-state index in [1.807, 2.05) is 60.7 Å². The van der Waals surface area contributed by atoms with E-state index in [0.29, 0.717) is 6.54 Å². The lowest BCUT2D eigenvalue weighted by Crippen LogP contribution is -2.31. The summed E-state index contributed by atoms with van der Waals surface area (Å²) in [7, 11) is 1.71. The van der Waals surface area contributed by atoms with E-state index in [2.05, 4.69) is 5.10 Å². The van der Waals surface area contributed by atoms with Crippen molar-refractivity contribution in [1.29, 1.82) is 0 Å². The molecule has 27 heavy (non-hydrogen) atoms. The van der Waals surface area contributed by atoms with Gasteiger partial charge in [0.25, 0.3) is 11.5 Å². The Morgan fingerprint density at radius 1 is 1.00 bits per heavy atom. The van der Waals surface area contributed by atoms with Gasteiger partial charge >= 0.3 is 0 Å². The SMILES string of the molecule is CN(Cc1ccccc1)C(=O)c1ccc(=O)n(CCOc2ccccc2)n1. The van der Waals surface area contributed by atoms with Crippen molar-refractivity contribution < 1.29 is 9.53 Å². The number of carbonyl (C=O) groups excluding carboxylic acids is 1. The molecule has 3 aromatic rings. The van der Waals surface area contributed by atoms with E-state index in [1.54, 1.807) is 11.9 Å². The maximum Gasteiger partial charge on any atom is 0.274 e. The molecule has 138 valence electrons. The Morgan fingerprint density at radius 3 is 2.37 bits per heavy atom. The van der Waals surface area contributed by atoms with Gasteiger partial charge in [-0.2, -0.15) is 5.10 Å². The summed E-state index contributed by atoms with van der Waals surface area (Å²) < 4.78 is 6.85. The molecule has 0 spiro atoms. The molecule has 6 heteroatoms. The molecule has 0 fully saturated rings. The zero-order valence-corrected chi connectivity index (χ0v) is 15.1. The number of amides is 1. The van der Waals surface area contributed by atoms with Gasteiger partial charge in [-0.25, -0.2) is 4.68 Å². The summed E-state index contributed by atoms with van der Waals surface area (Å²) in [6, 6.07) is 21.9. The molecule has 0 saturated carbocycles. The Kier molecular flexibility index (Phi) is 5.99. The Morgan fingerprint density at radius 2 is 1.67 bits per heavy atom. The first-order valence-corrected chi connectivity index (χ1v) is 8.69. The van der Waals surface area contributed by atoms with Gasteiger partial charge in [0.2, 0.25) is 0 Å². The highest BCUT2D eigenvalue weighted by atomic mass is 16.5. The molecule has 0 bridgehead atoms. The second kappa shape index (κ2) is 8.80. The van der Waals surface area contributed by atoms with Gasteiger partial charge in [-0.05, 0) is 23.8 Å². The van der Waals surface area contributed by atoms with Crippen LogP contribution in [0.15, 0.2) is 77.6 Å². The van der Waals surface area contributed by atoms with Crippen molar-refractivity contribution in [3.8, 4) is 5.75 Å². The fraction of sp³-hybridized carbons (Fsp3) is 0.190. The van der Waals surface area contributed by atoms with Crippen LogP contribution >= 0.6 is 0 Å². The van der Waals surface area contributed by atoms with Gasteiger partial charge in [-0.15, -0.1) is 0 Å². The van der Waals surface area contributed by atoms with Gasteiger partial charge in [0, 0.05) is 19.7 Å². The fourth-order valence-electron chi connectivity index (χ4n) is 2.61. The molecule has 1 aromatic heterocycles. The normalized spacial score (nSPS) is 10.4. The molecule has 1 amide bonds. The second-order valence-electron chi connectivity index (χ2n) is 6.09. The number of ether oxygens (including phenoxy) is 1. The molecule has 3 rings (SSSR count). The maximum absolute atomic E-state index is 12.6. The molecule has 6 nitrogen and oxygen atoms in total. The van der Waals surface area contributed by atoms with Crippen molar-refractivity contribution in [2.75, 3.05) is 13.7 Å². The van der Waals surface area contributed by atoms with Gasteiger partial charge in [0.15, 0.2) is 0 Å². The molecule has 0 aliphatic heterocycles. The van der Waals surface area contributed by atoms with Crippen molar-refractivity contribution >= 4 is 5.91 Å². The first-order chi connectivity index (χ1) is 13.1. The van der Waals surface area contributed by atoms with E-state index in [9.17, 15) is 9.59 Å². The number of hydrogen-bond acceptors (Lipinski definition) is 4. The highest BCUT2D eigenvalue weighted by molar-refractivity contribution is 5.91. The number of carbonyl (C=O) groups is 1. The quantitative estimate of drug-likeness (QED) is 0.647. The largest absolute Gasteiger partial charge is 0.492 e. The first kappa shape index (κ1) is 18.4. The van der Waals surface area contributed by atoms with Crippen LogP contribution in [0.25, 0.3) is 0 Å². The molecule has 0 atom stereocenters. The van der Waals surface area contributed by atoms with E-state index >= 15 is 0 Å². The average molecular weight is 363 g/mol. The Bertz CT molecular complexity index is 940. The Hall–Kier alpha value is -3.41. The Balaban J connectivity index is 1.65. The van der Waals surface area contributed by atoms with E-state index in [4.69, 9.17) is 4.74 Å². The minimum Gasteiger partial charge on any atom is -0.492 e. The zero-order chi connectivity index (χ0) is 19.1. The van der Waals surface area contributed by atoms with E-state index in [0.717, 1.165) is 11.3 Å². The summed E-state index contributed by atoms with van der Waals surface area (Å²) >= 11 is 0. The lowest BCUT2D eigenvalue weighted by molar-refractivity contribution is 0.0776.